The number of fused-ring (bicyclic) bond motifs is 1. The summed E-state index contributed by atoms with van der Waals surface area (Å²) >= 11 is 0. The van der Waals surface area contributed by atoms with Crippen molar-refractivity contribution in [3.8, 4) is 0 Å². The van der Waals surface area contributed by atoms with Crippen LogP contribution < -0.4 is 5.32 Å². The predicted octanol–water partition coefficient (Wildman–Crippen LogP) is 4.45. The van der Waals surface area contributed by atoms with Gasteiger partial charge in [-0.05, 0) is 50.3 Å². The molecule has 1 aromatic carbocycles. The van der Waals surface area contributed by atoms with Gasteiger partial charge in [-0.3, -0.25) is 9.59 Å². The fourth-order valence-electron chi connectivity index (χ4n) is 3.91. The Morgan fingerprint density at radius 2 is 1.90 bits per heavy atom. The van der Waals surface area contributed by atoms with Crippen LogP contribution in [0.4, 0.5) is 5.69 Å². The molecule has 7 heteroatoms. The summed E-state index contributed by atoms with van der Waals surface area (Å²) in [6, 6.07) is 7.30. The standard InChI is InChI=1S/C23H26N4O3/c1-13(2)18-12-16(20-15(4)26-30-22(20)25-18)21(28)24-17-9-7-8-14(3)19(17)23(29)27-10-5-6-11-27/h7-9,12-13H,5-6,10-11H2,1-4H3,(H,24,28). The van der Waals surface area contributed by atoms with E-state index in [1.807, 2.05) is 37.8 Å². The minimum absolute atomic E-state index is 0.0372. The zero-order chi connectivity index (χ0) is 21.4. The molecule has 1 saturated heterocycles. The lowest BCUT2D eigenvalue weighted by Gasteiger charge is -2.20. The van der Waals surface area contributed by atoms with Crippen LogP contribution in [0.5, 0.6) is 0 Å². The van der Waals surface area contributed by atoms with Crippen molar-refractivity contribution >= 4 is 28.6 Å². The van der Waals surface area contributed by atoms with E-state index in [2.05, 4.69) is 15.5 Å². The van der Waals surface area contributed by atoms with Crippen LogP contribution in [-0.2, 0) is 0 Å². The maximum atomic E-state index is 13.3. The third kappa shape index (κ3) is 3.56. The van der Waals surface area contributed by atoms with Gasteiger partial charge in [0.25, 0.3) is 17.5 Å². The fraction of sp³-hybridized carbons (Fsp3) is 0.391. The van der Waals surface area contributed by atoms with E-state index in [0.29, 0.717) is 33.6 Å². The van der Waals surface area contributed by atoms with Gasteiger partial charge in [-0.25, -0.2) is 4.98 Å². The molecule has 2 aromatic heterocycles. The summed E-state index contributed by atoms with van der Waals surface area (Å²) in [5, 5.41) is 7.54. The van der Waals surface area contributed by atoms with Crippen molar-refractivity contribution in [2.75, 3.05) is 18.4 Å². The van der Waals surface area contributed by atoms with Gasteiger partial charge < -0.3 is 14.7 Å². The number of aromatic nitrogens is 2. The second-order valence-corrected chi connectivity index (χ2v) is 8.15. The molecule has 30 heavy (non-hydrogen) atoms. The molecule has 3 heterocycles. The molecule has 0 saturated carbocycles. The summed E-state index contributed by atoms with van der Waals surface area (Å²) < 4.78 is 5.33. The maximum absolute atomic E-state index is 13.3. The quantitative estimate of drug-likeness (QED) is 0.691. The highest BCUT2D eigenvalue weighted by Crippen LogP contribution is 2.28. The van der Waals surface area contributed by atoms with Crippen molar-refractivity contribution < 1.29 is 14.1 Å². The number of rotatable bonds is 4. The van der Waals surface area contributed by atoms with Crippen molar-refractivity contribution in [3.63, 3.8) is 0 Å². The van der Waals surface area contributed by atoms with Gasteiger partial charge in [0.2, 0.25) is 0 Å². The number of amides is 2. The van der Waals surface area contributed by atoms with E-state index in [0.717, 1.165) is 37.2 Å². The fourth-order valence-corrected chi connectivity index (χ4v) is 3.91. The molecule has 3 aromatic rings. The normalized spacial score (nSPS) is 14.0. The first-order chi connectivity index (χ1) is 14.4. The molecule has 156 valence electrons. The Kier molecular flexibility index (Phi) is 5.28. The van der Waals surface area contributed by atoms with Gasteiger partial charge in [-0.15, -0.1) is 0 Å². The summed E-state index contributed by atoms with van der Waals surface area (Å²) in [7, 11) is 0. The van der Waals surface area contributed by atoms with E-state index in [-0.39, 0.29) is 17.7 Å². The van der Waals surface area contributed by atoms with Crippen LogP contribution >= 0.6 is 0 Å². The lowest BCUT2D eigenvalue weighted by atomic mass is 10.0. The van der Waals surface area contributed by atoms with Gasteiger partial charge >= 0.3 is 0 Å². The largest absolute Gasteiger partial charge is 0.339 e. The second kappa shape index (κ2) is 7.89. The molecule has 1 aliphatic heterocycles. The summed E-state index contributed by atoms with van der Waals surface area (Å²) in [5.74, 6) is -0.223. The summed E-state index contributed by atoms with van der Waals surface area (Å²) in [6.45, 7) is 9.20. The molecular weight excluding hydrogens is 380 g/mol. The lowest BCUT2D eigenvalue weighted by Crippen LogP contribution is -2.29. The van der Waals surface area contributed by atoms with Crippen molar-refractivity contribution in [2.24, 2.45) is 0 Å². The number of nitrogens with one attached hydrogen (secondary N) is 1. The number of benzene rings is 1. The monoisotopic (exact) mass is 406 g/mol. The highest BCUT2D eigenvalue weighted by molar-refractivity contribution is 6.14. The van der Waals surface area contributed by atoms with Crippen LogP contribution in [0.3, 0.4) is 0 Å². The average molecular weight is 406 g/mol. The smallest absolute Gasteiger partial charge is 0.259 e. The summed E-state index contributed by atoms with van der Waals surface area (Å²) in [6.07, 6.45) is 2.03. The van der Waals surface area contributed by atoms with Crippen molar-refractivity contribution in [1.82, 2.24) is 15.0 Å². The van der Waals surface area contributed by atoms with E-state index in [4.69, 9.17) is 4.52 Å². The third-order valence-corrected chi connectivity index (χ3v) is 5.60. The van der Waals surface area contributed by atoms with Crippen molar-refractivity contribution in [1.29, 1.82) is 0 Å². The number of hydrogen-bond acceptors (Lipinski definition) is 5. The molecule has 1 N–H and O–H groups in total. The van der Waals surface area contributed by atoms with Crippen LogP contribution in [0.2, 0.25) is 0 Å². The Hall–Kier alpha value is -3.22. The molecule has 2 amide bonds. The van der Waals surface area contributed by atoms with Gasteiger partial charge in [0.1, 0.15) is 0 Å². The predicted molar refractivity (Wildman–Crippen MR) is 115 cm³/mol. The SMILES string of the molecule is Cc1cccc(NC(=O)c2cc(C(C)C)nc3onc(C)c23)c1C(=O)N1CCCC1. The molecular formula is C23H26N4O3. The molecule has 4 rings (SSSR count). The molecule has 0 radical (unpaired) electrons. The number of carbonyl (C=O) groups is 2. The van der Waals surface area contributed by atoms with Gasteiger partial charge in [-0.1, -0.05) is 31.1 Å². The van der Waals surface area contributed by atoms with E-state index in [1.165, 1.54) is 0 Å². The zero-order valence-corrected chi connectivity index (χ0v) is 17.8. The molecule has 0 spiro atoms. The topological polar surface area (TPSA) is 88.3 Å². The van der Waals surface area contributed by atoms with Crippen LogP contribution in [0.1, 0.15) is 70.3 Å². The lowest BCUT2D eigenvalue weighted by molar-refractivity contribution is 0.0793. The molecule has 0 unspecified atom stereocenters. The number of carbonyl (C=O) groups excluding carboxylic acids is 2. The molecule has 1 aliphatic rings. The zero-order valence-electron chi connectivity index (χ0n) is 17.8. The first kappa shape index (κ1) is 20.1. The Morgan fingerprint density at radius 1 is 1.17 bits per heavy atom. The Morgan fingerprint density at radius 3 is 2.60 bits per heavy atom. The van der Waals surface area contributed by atoms with Crippen LogP contribution in [0.15, 0.2) is 28.8 Å². The number of likely N-dealkylation sites (tertiary alicyclic amines) is 1. The highest BCUT2D eigenvalue weighted by Gasteiger charge is 2.25. The Bertz CT molecular complexity index is 1130. The summed E-state index contributed by atoms with van der Waals surface area (Å²) in [5.41, 5.74) is 4.06. The Balaban J connectivity index is 1.74. The first-order valence-electron chi connectivity index (χ1n) is 10.3. The molecule has 7 nitrogen and oxygen atoms in total. The number of hydrogen-bond donors (Lipinski definition) is 1. The minimum atomic E-state index is -0.309. The van der Waals surface area contributed by atoms with Crippen molar-refractivity contribution in [3.05, 3.63) is 52.3 Å². The van der Waals surface area contributed by atoms with Crippen molar-refractivity contribution in [2.45, 2.75) is 46.5 Å². The van der Waals surface area contributed by atoms with E-state index < -0.39 is 0 Å². The van der Waals surface area contributed by atoms with E-state index >= 15 is 0 Å². The highest BCUT2D eigenvalue weighted by atomic mass is 16.5. The third-order valence-electron chi connectivity index (χ3n) is 5.60. The van der Waals surface area contributed by atoms with Gasteiger partial charge in [-0.2, -0.15) is 0 Å². The van der Waals surface area contributed by atoms with Gasteiger partial charge in [0.15, 0.2) is 0 Å². The molecule has 0 bridgehead atoms. The van der Waals surface area contributed by atoms with Crippen LogP contribution in [0, 0.1) is 13.8 Å². The second-order valence-electron chi connectivity index (χ2n) is 8.15. The van der Waals surface area contributed by atoms with Crippen LogP contribution in [-0.4, -0.2) is 39.9 Å². The molecule has 0 atom stereocenters. The molecule has 1 fully saturated rings. The number of anilines is 1. The number of aryl methyl sites for hydroxylation is 2. The summed E-state index contributed by atoms with van der Waals surface area (Å²) in [4.78, 5) is 32.8. The maximum Gasteiger partial charge on any atom is 0.259 e. The Labute approximate surface area is 175 Å². The number of pyridine rings is 1. The minimum Gasteiger partial charge on any atom is -0.339 e. The number of nitrogens with zero attached hydrogens (tertiary/aromatic N) is 3. The van der Waals surface area contributed by atoms with Crippen LogP contribution in [0.25, 0.3) is 11.1 Å². The van der Waals surface area contributed by atoms with Gasteiger partial charge in [0.05, 0.1) is 27.9 Å². The van der Waals surface area contributed by atoms with Gasteiger partial charge in [0, 0.05) is 18.8 Å². The van der Waals surface area contributed by atoms with E-state index in [9.17, 15) is 9.59 Å². The molecule has 0 aliphatic carbocycles. The average Bonchev–Trinajstić information content (AvgIpc) is 3.37. The van der Waals surface area contributed by atoms with E-state index in [1.54, 1.807) is 19.1 Å². The first-order valence-corrected chi connectivity index (χ1v) is 10.3.